The predicted octanol–water partition coefficient (Wildman–Crippen LogP) is 3.56. The molecule has 2 rings (SSSR count). The van der Waals surface area contributed by atoms with Crippen molar-refractivity contribution in [3.8, 4) is 5.75 Å². The second-order valence-corrected chi connectivity index (χ2v) is 12.2. The van der Waals surface area contributed by atoms with Gasteiger partial charge >= 0.3 is 0 Å². The Bertz CT molecular complexity index is 1100. The molecule has 0 aliphatic heterocycles. The number of aliphatic hydroxyl groups excluding tert-OH is 1. The first kappa shape index (κ1) is 33.0. The Balaban J connectivity index is 1.93. The van der Waals surface area contributed by atoms with Gasteiger partial charge in [-0.1, -0.05) is 56.3 Å². The standard InChI is InChI=1S/C28H42ClN3O6S/c1-21(2)23(17-25(30)26(33)18-31-39(35,36)20-22-11-5-4-6-12-22)19-32(29)28(34)24-13-7-8-14-27(24)38-16-10-9-15-37-3/h4-8,11-14,21,23,25-26,31,33H,9-10,15-20,30H2,1-3H3/t23-,25+,26+/m1/s1. The minimum Gasteiger partial charge on any atom is -0.493 e. The van der Waals surface area contributed by atoms with Crippen LogP contribution in [0.1, 0.15) is 49.0 Å². The molecule has 0 bridgehead atoms. The molecule has 218 valence electrons. The summed E-state index contributed by atoms with van der Waals surface area (Å²) in [6.07, 6.45) is 0.876. The summed E-state index contributed by atoms with van der Waals surface area (Å²) in [4.78, 5) is 13.2. The fourth-order valence-corrected chi connectivity index (χ4v) is 5.42. The summed E-state index contributed by atoms with van der Waals surface area (Å²) in [7, 11) is -1.99. The number of benzene rings is 2. The van der Waals surface area contributed by atoms with Gasteiger partial charge in [0.2, 0.25) is 10.0 Å². The lowest BCUT2D eigenvalue weighted by molar-refractivity contribution is 0.0816. The van der Waals surface area contributed by atoms with Gasteiger partial charge in [-0.15, -0.1) is 0 Å². The van der Waals surface area contributed by atoms with Gasteiger partial charge in [0.15, 0.2) is 0 Å². The molecular formula is C28H42ClN3O6S. The lowest BCUT2D eigenvalue weighted by Gasteiger charge is -2.29. The maximum atomic E-state index is 13.2. The van der Waals surface area contributed by atoms with Gasteiger partial charge in [-0.2, -0.15) is 0 Å². The number of carbonyl (C=O) groups excluding carboxylic acids is 1. The van der Waals surface area contributed by atoms with Crippen LogP contribution in [-0.2, 0) is 20.5 Å². The molecule has 0 aromatic heterocycles. The third kappa shape index (κ3) is 11.8. The summed E-state index contributed by atoms with van der Waals surface area (Å²) in [6.45, 7) is 5.05. The molecule has 2 aromatic rings. The van der Waals surface area contributed by atoms with E-state index in [-0.39, 0.29) is 30.7 Å². The molecule has 1 amide bonds. The summed E-state index contributed by atoms with van der Waals surface area (Å²) < 4.78 is 39.3. The lowest BCUT2D eigenvalue weighted by Crippen LogP contribution is -2.45. The number of aliphatic hydroxyl groups is 1. The first-order valence-corrected chi connectivity index (χ1v) is 15.2. The van der Waals surface area contributed by atoms with E-state index >= 15 is 0 Å². The van der Waals surface area contributed by atoms with Crippen molar-refractivity contribution >= 4 is 27.7 Å². The van der Waals surface area contributed by atoms with E-state index < -0.39 is 28.1 Å². The van der Waals surface area contributed by atoms with E-state index in [2.05, 4.69) is 4.72 Å². The number of halogens is 1. The van der Waals surface area contributed by atoms with Crippen molar-refractivity contribution in [1.82, 2.24) is 9.14 Å². The van der Waals surface area contributed by atoms with Gasteiger partial charge in [0.05, 0.1) is 24.0 Å². The third-order valence-electron chi connectivity index (χ3n) is 6.46. The maximum Gasteiger partial charge on any atom is 0.271 e. The SMILES string of the molecule is COCCCCOc1ccccc1C(=O)N(Cl)C[C@@H](C[C@H](N)[C@@H](O)CNS(=O)(=O)Cc1ccccc1)C(C)C. The van der Waals surface area contributed by atoms with E-state index in [0.29, 0.717) is 36.5 Å². The average Bonchev–Trinajstić information content (AvgIpc) is 2.91. The normalized spacial score (nSPS) is 14.1. The second kappa shape index (κ2) is 16.8. The number of hydrogen-bond donors (Lipinski definition) is 3. The van der Waals surface area contributed by atoms with Crippen molar-refractivity contribution in [3.63, 3.8) is 0 Å². The van der Waals surface area contributed by atoms with Crippen molar-refractivity contribution in [2.75, 3.05) is 33.4 Å². The molecule has 0 fully saturated rings. The highest BCUT2D eigenvalue weighted by Crippen LogP contribution is 2.25. The van der Waals surface area contributed by atoms with Crippen LogP contribution in [0.3, 0.4) is 0 Å². The first-order valence-electron chi connectivity index (χ1n) is 13.2. The summed E-state index contributed by atoms with van der Waals surface area (Å²) in [5.74, 6) is -0.163. The van der Waals surface area contributed by atoms with E-state index in [0.717, 1.165) is 17.3 Å². The Morgan fingerprint density at radius 2 is 1.72 bits per heavy atom. The van der Waals surface area contributed by atoms with E-state index in [4.69, 9.17) is 27.0 Å². The number of nitrogens with zero attached hydrogens (tertiary/aromatic N) is 1. The van der Waals surface area contributed by atoms with Gasteiger partial charge in [0, 0.05) is 44.6 Å². The van der Waals surface area contributed by atoms with Crippen LogP contribution in [0.5, 0.6) is 5.75 Å². The predicted molar refractivity (Wildman–Crippen MR) is 154 cm³/mol. The van der Waals surface area contributed by atoms with Crippen LogP contribution in [0, 0.1) is 11.8 Å². The van der Waals surface area contributed by atoms with Crippen LogP contribution in [0.2, 0.25) is 0 Å². The molecule has 2 aromatic carbocycles. The number of para-hydroxylation sites is 1. The minimum atomic E-state index is -3.64. The summed E-state index contributed by atoms with van der Waals surface area (Å²) >= 11 is 6.46. The highest BCUT2D eigenvalue weighted by molar-refractivity contribution is 7.88. The number of sulfonamides is 1. The quantitative estimate of drug-likeness (QED) is 0.181. The molecular weight excluding hydrogens is 542 g/mol. The number of hydrogen-bond acceptors (Lipinski definition) is 7. The van der Waals surface area contributed by atoms with E-state index in [9.17, 15) is 18.3 Å². The van der Waals surface area contributed by atoms with E-state index in [1.54, 1.807) is 55.6 Å². The lowest BCUT2D eigenvalue weighted by atomic mass is 9.87. The topological polar surface area (TPSA) is 131 Å². The highest BCUT2D eigenvalue weighted by atomic mass is 35.5. The van der Waals surface area contributed by atoms with Crippen molar-refractivity contribution in [1.29, 1.82) is 0 Å². The number of nitrogens with one attached hydrogen (secondary N) is 1. The summed E-state index contributed by atoms with van der Waals surface area (Å²) in [5, 5.41) is 10.6. The monoisotopic (exact) mass is 583 g/mol. The van der Waals surface area contributed by atoms with Crippen molar-refractivity contribution in [2.24, 2.45) is 17.6 Å². The van der Waals surface area contributed by atoms with Gasteiger partial charge in [-0.3, -0.25) is 9.21 Å². The Labute approximate surface area is 237 Å². The molecule has 0 unspecified atom stereocenters. The van der Waals surface area contributed by atoms with E-state index in [1.807, 2.05) is 19.9 Å². The Hall–Kier alpha value is -2.21. The Morgan fingerprint density at radius 1 is 1.08 bits per heavy atom. The average molecular weight is 584 g/mol. The largest absolute Gasteiger partial charge is 0.493 e. The number of unbranched alkanes of at least 4 members (excludes halogenated alkanes) is 1. The van der Waals surface area contributed by atoms with E-state index in [1.165, 1.54) is 0 Å². The van der Waals surface area contributed by atoms with Crippen LogP contribution < -0.4 is 15.2 Å². The zero-order valence-corrected chi connectivity index (χ0v) is 24.5. The molecule has 0 heterocycles. The molecule has 9 nitrogen and oxygen atoms in total. The number of rotatable bonds is 18. The van der Waals surface area contributed by atoms with Crippen molar-refractivity contribution in [3.05, 3.63) is 65.7 Å². The number of methoxy groups -OCH3 is 1. The van der Waals surface area contributed by atoms with Crippen LogP contribution in [0.25, 0.3) is 0 Å². The number of carbonyl (C=O) groups is 1. The number of nitrogens with two attached hydrogens (primary N) is 1. The zero-order valence-electron chi connectivity index (χ0n) is 23.0. The van der Waals surface area contributed by atoms with Crippen molar-refractivity contribution in [2.45, 2.75) is 51.0 Å². The summed E-state index contributed by atoms with van der Waals surface area (Å²) in [6, 6.07) is 15.0. The fourth-order valence-electron chi connectivity index (χ4n) is 3.99. The molecule has 0 saturated carbocycles. The molecule has 11 heteroatoms. The smallest absolute Gasteiger partial charge is 0.271 e. The van der Waals surface area contributed by atoms with Crippen molar-refractivity contribution < 1.29 is 27.8 Å². The number of amides is 1. The summed E-state index contributed by atoms with van der Waals surface area (Å²) in [5.41, 5.74) is 7.26. The molecule has 0 spiro atoms. The molecule has 0 radical (unpaired) electrons. The molecule has 39 heavy (non-hydrogen) atoms. The van der Waals surface area contributed by atoms with Crippen LogP contribution in [0.15, 0.2) is 54.6 Å². The molecule has 0 aliphatic carbocycles. The minimum absolute atomic E-state index is 0.0966. The van der Waals surface area contributed by atoms with Gasteiger partial charge in [-0.25, -0.2) is 13.1 Å². The van der Waals surface area contributed by atoms with Crippen LogP contribution in [-0.4, -0.2) is 69.4 Å². The Morgan fingerprint density at radius 3 is 2.38 bits per heavy atom. The third-order valence-corrected chi connectivity index (χ3v) is 8.07. The molecule has 4 N–H and O–H groups in total. The second-order valence-electron chi connectivity index (χ2n) is 9.96. The molecule has 0 saturated heterocycles. The highest BCUT2D eigenvalue weighted by Gasteiger charge is 2.27. The van der Waals surface area contributed by atoms with Gasteiger partial charge in [-0.05, 0) is 48.8 Å². The first-order chi connectivity index (χ1) is 18.5. The molecule has 3 atom stereocenters. The Kier molecular flexibility index (Phi) is 14.2. The van der Waals surface area contributed by atoms with Gasteiger partial charge in [0.25, 0.3) is 5.91 Å². The van der Waals surface area contributed by atoms with Crippen LogP contribution in [0.4, 0.5) is 0 Å². The zero-order chi connectivity index (χ0) is 28.8. The van der Waals surface area contributed by atoms with Gasteiger partial charge in [0.1, 0.15) is 5.75 Å². The maximum absolute atomic E-state index is 13.2. The number of ether oxygens (including phenoxy) is 2. The van der Waals surface area contributed by atoms with Crippen LogP contribution >= 0.6 is 11.8 Å². The fraction of sp³-hybridized carbons (Fsp3) is 0.536. The molecule has 0 aliphatic rings. The van der Waals surface area contributed by atoms with Gasteiger partial charge < -0.3 is 20.3 Å².